The highest BCUT2D eigenvalue weighted by atomic mass is 35.5. The van der Waals surface area contributed by atoms with E-state index < -0.39 is 6.04 Å². The predicted octanol–water partition coefficient (Wildman–Crippen LogP) is 0.782. The van der Waals surface area contributed by atoms with Crippen LogP contribution in [0.2, 0.25) is 0 Å². The molecule has 100 valence electrons. The lowest BCUT2D eigenvalue weighted by Gasteiger charge is -2.07. The van der Waals surface area contributed by atoms with Crippen LogP contribution in [0.4, 0.5) is 0 Å². The summed E-state index contributed by atoms with van der Waals surface area (Å²) in [5, 5.41) is 2.76. The molecule has 3 N–H and O–H groups in total. The molecule has 5 nitrogen and oxygen atoms in total. The van der Waals surface area contributed by atoms with Crippen LogP contribution in [0.15, 0.2) is 12.4 Å². The van der Waals surface area contributed by atoms with Crippen LogP contribution in [0, 0.1) is 0 Å². The third-order valence-corrected chi connectivity index (χ3v) is 2.79. The maximum Gasteiger partial charge on any atom is 0.236 e. The Hall–Kier alpha value is -1.20. The Bertz CT molecular complexity index is 390. The van der Waals surface area contributed by atoms with Gasteiger partial charge in [0.15, 0.2) is 0 Å². The van der Waals surface area contributed by atoms with Gasteiger partial charge in [0.1, 0.15) is 5.82 Å². The minimum absolute atomic E-state index is 0. The van der Waals surface area contributed by atoms with Gasteiger partial charge < -0.3 is 11.1 Å². The third-order valence-electron chi connectivity index (χ3n) is 2.79. The van der Waals surface area contributed by atoms with Crippen LogP contribution in [-0.4, -0.2) is 28.5 Å². The fourth-order valence-corrected chi connectivity index (χ4v) is 1.54. The van der Waals surface area contributed by atoms with Crippen molar-refractivity contribution in [1.29, 1.82) is 0 Å². The summed E-state index contributed by atoms with van der Waals surface area (Å²) >= 11 is 0. The van der Waals surface area contributed by atoms with Crippen molar-refractivity contribution in [3.05, 3.63) is 23.8 Å². The van der Waals surface area contributed by atoms with Gasteiger partial charge in [-0.1, -0.05) is 0 Å². The van der Waals surface area contributed by atoms with E-state index in [1.807, 2.05) is 12.4 Å². The lowest BCUT2D eigenvalue weighted by Crippen LogP contribution is -2.39. The summed E-state index contributed by atoms with van der Waals surface area (Å²) in [6.45, 7) is 2.25. The number of nitrogens with one attached hydrogen (secondary N) is 1. The average molecular weight is 271 g/mol. The standard InChI is InChI=1S/C12H18N4O.ClH/c1-8(13)12(17)14-5-4-9-6-15-11(16-7-9)10-2-3-10;/h6-8,10H,2-5,13H2,1H3,(H,14,17);1H/t8-;/m1./s1. The molecular weight excluding hydrogens is 252 g/mol. The molecule has 1 amide bonds. The molecule has 0 bridgehead atoms. The van der Waals surface area contributed by atoms with E-state index in [0.29, 0.717) is 12.5 Å². The Balaban J connectivity index is 0.00000162. The second-order valence-electron chi connectivity index (χ2n) is 4.55. The Morgan fingerprint density at radius 3 is 2.61 bits per heavy atom. The molecule has 0 unspecified atom stereocenters. The summed E-state index contributed by atoms with van der Waals surface area (Å²) < 4.78 is 0. The van der Waals surface area contributed by atoms with E-state index in [0.717, 1.165) is 17.8 Å². The second-order valence-corrected chi connectivity index (χ2v) is 4.55. The Morgan fingerprint density at radius 2 is 2.11 bits per heavy atom. The number of carbonyl (C=O) groups excluding carboxylic acids is 1. The van der Waals surface area contributed by atoms with Crippen molar-refractivity contribution in [3.8, 4) is 0 Å². The van der Waals surface area contributed by atoms with E-state index in [9.17, 15) is 4.79 Å². The molecule has 2 rings (SSSR count). The summed E-state index contributed by atoms with van der Waals surface area (Å²) in [5.74, 6) is 1.41. The van der Waals surface area contributed by atoms with Gasteiger partial charge in [-0.05, 0) is 31.7 Å². The largest absolute Gasteiger partial charge is 0.354 e. The quantitative estimate of drug-likeness (QED) is 0.829. The van der Waals surface area contributed by atoms with Gasteiger partial charge in [-0.25, -0.2) is 9.97 Å². The number of carbonyl (C=O) groups is 1. The maximum absolute atomic E-state index is 11.2. The van der Waals surface area contributed by atoms with Crippen LogP contribution >= 0.6 is 12.4 Å². The van der Waals surface area contributed by atoms with Crippen molar-refractivity contribution in [2.75, 3.05) is 6.54 Å². The van der Waals surface area contributed by atoms with Crippen LogP contribution in [-0.2, 0) is 11.2 Å². The molecule has 0 aromatic carbocycles. The highest BCUT2D eigenvalue weighted by molar-refractivity contribution is 5.85. The lowest BCUT2D eigenvalue weighted by molar-refractivity contribution is -0.121. The molecule has 1 aliphatic carbocycles. The van der Waals surface area contributed by atoms with Crippen LogP contribution in [0.3, 0.4) is 0 Å². The molecule has 1 aromatic heterocycles. The predicted molar refractivity (Wildman–Crippen MR) is 71.6 cm³/mol. The fourth-order valence-electron chi connectivity index (χ4n) is 1.54. The summed E-state index contributed by atoms with van der Waals surface area (Å²) in [5.41, 5.74) is 6.48. The summed E-state index contributed by atoms with van der Waals surface area (Å²) in [6.07, 6.45) is 6.86. The van der Waals surface area contributed by atoms with E-state index in [-0.39, 0.29) is 18.3 Å². The van der Waals surface area contributed by atoms with Crippen molar-refractivity contribution >= 4 is 18.3 Å². The smallest absolute Gasteiger partial charge is 0.236 e. The van der Waals surface area contributed by atoms with E-state index in [1.165, 1.54) is 12.8 Å². The number of nitrogens with two attached hydrogens (primary N) is 1. The highest BCUT2D eigenvalue weighted by Crippen LogP contribution is 2.37. The van der Waals surface area contributed by atoms with E-state index in [1.54, 1.807) is 6.92 Å². The van der Waals surface area contributed by atoms with Crippen LogP contribution in [0.25, 0.3) is 0 Å². The molecule has 1 fully saturated rings. The van der Waals surface area contributed by atoms with Crippen molar-refractivity contribution in [2.24, 2.45) is 5.73 Å². The molecule has 1 atom stereocenters. The van der Waals surface area contributed by atoms with E-state index in [2.05, 4.69) is 15.3 Å². The van der Waals surface area contributed by atoms with E-state index in [4.69, 9.17) is 5.73 Å². The lowest BCUT2D eigenvalue weighted by atomic mass is 10.2. The number of rotatable bonds is 5. The minimum Gasteiger partial charge on any atom is -0.354 e. The molecule has 0 aliphatic heterocycles. The zero-order valence-corrected chi connectivity index (χ0v) is 11.2. The second kappa shape index (κ2) is 6.66. The zero-order chi connectivity index (χ0) is 12.3. The Kier molecular flexibility index (Phi) is 5.50. The molecule has 0 saturated heterocycles. The normalized spacial score (nSPS) is 15.7. The highest BCUT2D eigenvalue weighted by Gasteiger charge is 2.25. The first-order valence-corrected chi connectivity index (χ1v) is 6.01. The molecule has 18 heavy (non-hydrogen) atoms. The van der Waals surface area contributed by atoms with Gasteiger partial charge in [0.05, 0.1) is 6.04 Å². The molecule has 1 saturated carbocycles. The van der Waals surface area contributed by atoms with Crippen LogP contribution in [0.5, 0.6) is 0 Å². The van der Waals surface area contributed by atoms with Crippen molar-refractivity contribution in [3.63, 3.8) is 0 Å². The molecular formula is C12H19ClN4O. The average Bonchev–Trinajstić information content (AvgIpc) is 3.13. The first-order valence-electron chi connectivity index (χ1n) is 6.01. The van der Waals surface area contributed by atoms with Gasteiger partial charge in [0.2, 0.25) is 5.91 Å². The molecule has 1 aromatic rings. The number of hydrogen-bond acceptors (Lipinski definition) is 4. The monoisotopic (exact) mass is 270 g/mol. The molecule has 6 heteroatoms. The molecule has 0 spiro atoms. The number of nitrogens with zero attached hydrogens (tertiary/aromatic N) is 2. The first-order chi connectivity index (χ1) is 8.16. The Morgan fingerprint density at radius 1 is 1.50 bits per heavy atom. The summed E-state index contributed by atoms with van der Waals surface area (Å²) in [7, 11) is 0. The van der Waals surface area contributed by atoms with Crippen molar-refractivity contribution in [1.82, 2.24) is 15.3 Å². The summed E-state index contributed by atoms with van der Waals surface area (Å²) in [4.78, 5) is 19.9. The van der Waals surface area contributed by atoms with Crippen LogP contribution in [0.1, 0.15) is 37.1 Å². The minimum atomic E-state index is -0.455. The van der Waals surface area contributed by atoms with Gasteiger partial charge in [-0.2, -0.15) is 0 Å². The third kappa shape index (κ3) is 4.23. The number of halogens is 1. The van der Waals surface area contributed by atoms with Gasteiger partial charge in [0, 0.05) is 24.9 Å². The van der Waals surface area contributed by atoms with Gasteiger partial charge in [0.25, 0.3) is 0 Å². The molecule has 1 heterocycles. The SMILES string of the molecule is C[C@@H](N)C(=O)NCCc1cnc(C2CC2)nc1.Cl. The van der Waals surface area contributed by atoms with Gasteiger partial charge in [-0.15, -0.1) is 12.4 Å². The van der Waals surface area contributed by atoms with Gasteiger partial charge in [-0.3, -0.25) is 4.79 Å². The van der Waals surface area contributed by atoms with Crippen molar-refractivity contribution < 1.29 is 4.79 Å². The number of hydrogen-bond donors (Lipinski definition) is 2. The number of aromatic nitrogens is 2. The summed E-state index contributed by atoms with van der Waals surface area (Å²) in [6, 6.07) is -0.455. The van der Waals surface area contributed by atoms with Crippen molar-refractivity contribution in [2.45, 2.75) is 38.1 Å². The topological polar surface area (TPSA) is 80.9 Å². The fraction of sp³-hybridized carbons (Fsp3) is 0.583. The number of amides is 1. The van der Waals surface area contributed by atoms with Gasteiger partial charge >= 0.3 is 0 Å². The van der Waals surface area contributed by atoms with E-state index >= 15 is 0 Å². The Labute approximate surface area is 113 Å². The van der Waals surface area contributed by atoms with Crippen LogP contribution < -0.4 is 11.1 Å². The first kappa shape index (κ1) is 14.9. The molecule has 1 aliphatic rings. The maximum atomic E-state index is 11.2. The zero-order valence-electron chi connectivity index (χ0n) is 10.4. The molecule has 0 radical (unpaired) electrons.